The minimum atomic E-state index is -4.23. The first kappa shape index (κ1) is 31.4. The molecular formula is C28H33FN4O7S. The number of rotatable bonds is 10. The van der Waals surface area contributed by atoms with E-state index in [2.05, 4.69) is 18.1 Å². The minimum absolute atomic E-state index is 0.0419. The summed E-state index contributed by atoms with van der Waals surface area (Å²) >= 11 is 0. The van der Waals surface area contributed by atoms with E-state index in [0.717, 1.165) is 6.26 Å². The number of hydrogen-bond acceptors (Lipinski definition) is 8. The Labute approximate surface area is 238 Å². The van der Waals surface area contributed by atoms with Gasteiger partial charge in [0.25, 0.3) is 5.56 Å². The van der Waals surface area contributed by atoms with Crippen molar-refractivity contribution < 1.29 is 31.4 Å². The van der Waals surface area contributed by atoms with Crippen molar-refractivity contribution in [3.8, 4) is 5.75 Å². The fourth-order valence-corrected chi connectivity index (χ4v) is 5.08. The lowest BCUT2D eigenvalue weighted by molar-refractivity contribution is -0.151. The highest BCUT2D eigenvalue weighted by molar-refractivity contribution is 7.86. The number of amides is 2. The van der Waals surface area contributed by atoms with Gasteiger partial charge in [-0.15, -0.1) is 6.58 Å². The Hall–Kier alpha value is -4.13. The van der Waals surface area contributed by atoms with Gasteiger partial charge in [-0.05, 0) is 48.9 Å². The van der Waals surface area contributed by atoms with Crippen molar-refractivity contribution >= 4 is 33.8 Å². The lowest BCUT2D eigenvalue weighted by Crippen LogP contribution is -2.44. The number of aryl methyl sites for hydroxylation is 1. The van der Waals surface area contributed by atoms with Gasteiger partial charge in [-0.3, -0.25) is 23.7 Å². The molecule has 0 spiro atoms. The zero-order valence-corrected chi connectivity index (χ0v) is 24.1. The summed E-state index contributed by atoms with van der Waals surface area (Å²) in [5.41, 5.74) is -0.305. The normalized spacial score (nSPS) is 14.8. The van der Waals surface area contributed by atoms with Crippen LogP contribution in [0.2, 0.25) is 0 Å². The van der Waals surface area contributed by atoms with Gasteiger partial charge >= 0.3 is 21.9 Å². The Bertz CT molecular complexity index is 1550. The highest BCUT2D eigenvalue weighted by Gasteiger charge is 2.35. The first-order valence-corrected chi connectivity index (χ1v) is 14.7. The molecule has 2 amide bonds. The van der Waals surface area contributed by atoms with Gasteiger partial charge in [0.2, 0.25) is 5.75 Å². The second-order valence-corrected chi connectivity index (χ2v) is 11.3. The van der Waals surface area contributed by atoms with E-state index in [-0.39, 0.29) is 31.8 Å². The van der Waals surface area contributed by atoms with E-state index in [9.17, 15) is 32.0 Å². The van der Waals surface area contributed by atoms with E-state index >= 15 is 0 Å². The highest BCUT2D eigenvalue weighted by atomic mass is 32.2. The van der Waals surface area contributed by atoms with Gasteiger partial charge in [0.15, 0.2) is 11.5 Å². The molecule has 3 rings (SSSR count). The molecule has 2 heterocycles. The van der Waals surface area contributed by atoms with Crippen LogP contribution >= 0.6 is 0 Å². The third-order valence-corrected chi connectivity index (χ3v) is 7.20. The van der Waals surface area contributed by atoms with Crippen molar-refractivity contribution in [2.45, 2.75) is 44.7 Å². The molecule has 2 aromatic rings. The van der Waals surface area contributed by atoms with Crippen molar-refractivity contribution in [2.24, 2.45) is 0 Å². The number of aromatic nitrogens is 2. The first-order chi connectivity index (χ1) is 19.3. The molecular weight excluding hydrogens is 555 g/mol. The minimum Gasteiger partial charge on any atom is -0.374 e. The number of ketones is 1. The molecule has 1 aliphatic rings. The molecule has 0 saturated carbocycles. The maximum atomic E-state index is 13.6. The molecule has 0 aliphatic carbocycles. The number of likely N-dealkylation sites (N-methyl/N-ethyl adjacent to an activating group) is 2. The Morgan fingerprint density at radius 2 is 1.90 bits per heavy atom. The van der Waals surface area contributed by atoms with Crippen molar-refractivity contribution in [3.63, 3.8) is 0 Å². The summed E-state index contributed by atoms with van der Waals surface area (Å²) in [5.74, 6) is -3.50. The first-order valence-electron chi connectivity index (χ1n) is 12.9. The zero-order chi connectivity index (χ0) is 30.5. The molecule has 0 bridgehead atoms. The predicted octanol–water partition coefficient (Wildman–Crippen LogP) is 2.51. The Balaban J connectivity index is 2.09. The van der Waals surface area contributed by atoms with Crippen LogP contribution in [0, 0.1) is 5.82 Å². The van der Waals surface area contributed by atoms with E-state index in [1.165, 1.54) is 58.8 Å². The molecule has 1 unspecified atom stereocenters. The van der Waals surface area contributed by atoms with Gasteiger partial charge in [-0.25, -0.2) is 9.37 Å². The summed E-state index contributed by atoms with van der Waals surface area (Å²) < 4.78 is 43.9. The number of hydrogen-bond donors (Lipinski definition) is 0. The molecule has 0 radical (unpaired) electrons. The maximum Gasteiger partial charge on any atom is 0.312 e. The fraction of sp³-hybridized carbons (Fsp3) is 0.393. The second-order valence-electron chi connectivity index (χ2n) is 9.76. The number of nitrogens with zero attached hydrogens (tertiary/aromatic N) is 4. The van der Waals surface area contributed by atoms with Gasteiger partial charge in [0, 0.05) is 33.6 Å². The molecule has 1 aliphatic heterocycles. The van der Waals surface area contributed by atoms with Crippen molar-refractivity contribution in [3.05, 3.63) is 76.2 Å². The van der Waals surface area contributed by atoms with Crippen LogP contribution in [0.5, 0.6) is 5.75 Å². The predicted molar refractivity (Wildman–Crippen MR) is 150 cm³/mol. The standard InChI is InChI=1S/C28H33FN4O7S/c1-6-15-31(3)27(36)28(37)32(4)21-10-8-9-16-33-25(21)30-23(24(26(33)35)40-41(5,38)39)22(34)14-12-19-11-13-20(29)17-18(19)7-2/h6-7,11,13,17,21H,1-2,8-10,12,14-16H2,3-5H3. The molecule has 41 heavy (non-hydrogen) atoms. The summed E-state index contributed by atoms with van der Waals surface area (Å²) in [6.45, 7) is 7.49. The van der Waals surface area contributed by atoms with Crippen molar-refractivity contribution in [1.82, 2.24) is 19.4 Å². The van der Waals surface area contributed by atoms with Crippen LogP contribution in [0.1, 0.15) is 59.2 Å². The van der Waals surface area contributed by atoms with Gasteiger partial charge in [-0.2, -0.15) is 8.42 Å². The third-order valence-electron chi connectivity index (χ3n) is 6.73. The fourth-order valence-electron chi connectivity index (χ4n) is 4.63. The Morgan fingerprint density at radius 1 is 1.20 bits per heavy atom. The monoisotopic (exact) mass is 588 g/mol. The number of halogens is 1. The van der Waals surface area contributed by atoms with Crippen LogP contribution in [0.25, 0.3) is 6.08 Å². The number of fused-ring (bicyclic) bond motifs is 1. The lowest BCUT2D eigenvalue weighted by atomic mass is 10.00. The van der Waals surface area contributed by atoms with Crippen LogP contribution in [-0.2, 0) is 32.7 Å². The molecule has 1 aromatic carbocycles. The summed E-state index contributed by atoms with van der Waals surface area (Å²) in [6.07, 6.45) is 4.95. The number of carbonyl (C=O) groups is 3. The molecule has 13 heteroatoms. The third kappa shape index (κ3) is 7.34. The molecule has 0 N–H and O–H groups in total. The van der Waals surface area contributed by atoms with E-state index in [4.69, 9.17) is 4.18 Å². The van der Waals surface area contributed by atoms with Gasteiger partial charge in [0.1, 0.15) is 11.6 Å². The smallest absolute Gasteiger partial charge is 0.312 e. The van der Waals surface area contributed by atoms with Crippen LogP contribution in [0.3, 0.4) is 0 Å². The van der Waals surface area contributed by atoms with Crippen molar-refractivity contribution in [2.75, 3.05) is 26.9 Å². The molecule has 0 saturated heterocycles. The molecule has 1 aromatic heterocycles. The zero-order valence-electron chi connectivity index (χ0n) is 23.3. The van der Waals surface area contributed by atoms with Crippen LogP contribution in [0.15, 0.2) is 42.2 Å². The van der Waals surface area contributed by atoms with E-state index in [0.29, 0.717) is 30.4 Å². The van der Waals surface area contributed by atoms with Gasteiger partial charge in [0.05, 0.1) is 12.3 Å². The summed E-state index contributed by atoms with van der Waals surface area (Å²) in [7, 11) is -1.37. The van der Waals surface area contributed by atoms with Crippen LogP contribution in [-0.4, -0.2) is 72.3 Å². The summed E-state index contributed by atoms with van der Waals surface area (Å²) in [5, 5.41) is 0. The number of carbonyl (C=O) groups excluding carboxylic acids is 3. The average Bonchev–Trinajstić information content (AvgIpc) is 3.14. The molecule has 11 nitrogen and oxygen atoms in total. The quantitative estimate of drug-likeness (QED) is 0.179. The largest absolute Gasteiger partial charge is 0.374 e. The maximum absolute atomic E-state index is 13.6. The Kier molecular flexibility index (Phi) is 9.97. The summed E-state index contributed by atoms with van der Waals surface area (Å²) in [4.78, 5) is 59.6. The summed E-state index contributed by atoms with van der Waals surface area (Å²) in [6, 6.07) is 3.15. The van der Waals surface area contributed by atoms with Crippen LogP contribution in [0.4, 0.5) is 4.39 Å². The second kappa shape index (κ2) is 13.0. The number of Topliss-reactive ketones (excluding diaryl/α,β-unsaturated/α-hetero) is 1. The Morgan fingerprint density at radius 3 is 2.54 bits per heavy atom. The topological polar surface area (TPSA) is 136 Å². The average molecular weight is 589 g/mol. The molecule has 0 fully saturated rings. The van der Waals surface area contributed by atoms with Crippen molar-refractivity contribution in [1.29, 1.82) is 0 Å². The SMILES string of the molecule is C=CCN(C)C(=O)C(=O)N(C)C1CCCCn2c1nc(C(=O)CCc1ccc(F)cc1C=C)c(OS(C)(=O)=O)c2=O. The molecule has 220 valence electrons. The van der Waals surface area contributed by atoms with E-state index < -0.39 is 56.6 Å². The van der Waals surface area contributed by atoms with Gasteiger partial charge in [-0.1, -0.05) is 24.8 Å². The van der Waals surface area contributed by atoms with Crippen LogP contribution < -0.4 is 9.74 Å². The van der Waals surface area contributed by atoms with Gasteiger partial charge < -0.3 is 14.0 Å². The highest BCUT2D eigenvalue weighted by Crippen LogP contribution is 2.30. The number of benzene rings is 1. The molecule has 1 atom stereocenters. The lowest BCUT2D eigenvalue weighted by Gasteiger charge is -2.29. The van der Waals surface area contributed by atoms with E-state index in [1.54, 1.807) is 0 Å². The van der Waals surface area contributed by atoms with E-state index in [1.807, 2.05) is 0 Å².